The fourth-order valence-electron chi connectivity index (χ4n) is 1.34. The van der Waals surface area contributed by atoms with Crippen LogP contribution in [0.25, 0.3) is 0 Å². The second-order valence-corrected chi connectivity index (χ2v) is 3.74. The zero-order chi connectivity index (χ0) is 12.7. The number of benzene rings is 1. The highest BCUT2D eigenvalue weighted by Crippen LogP contribution is 2.17. The third-order valence-corrected chi connectivity index (χ3v) is 2.43. The van der Waals surface area contributed by atoms with Gasteiger partial charge in [-0.15, -0.1) is 0 Å². The first-order valence-electron chi connectivity index (χ1n) is 5.85. The number of para-hydroxylation sites is 1. The number of rotatable bonds is 6. The second-order valence-electron chi connectivity index (χ2n) is 3.74. The molecule has 0 aromatic heterocycles. The van der Waals surface area contributed by atoms with Crippen LogP contribution in [-0.2, 0) is 4.79 Å². The summed E-state index contributed by atoms with van der Waals surface area (Å²) in [6.45, 7) is 4.12. The van der Waals surface area contributed by atoms with Crippen LogP contribution in [0.1, 0.15) is 26.7 Å². The van der Waals surface area contributed by atoms with E-state index in [9.17, 15) is 9.18 Å². The summed E-state index contributed by atoms with van der Waals surface area (Å²) in [5.41, 5.74) is 0. The maximum Gasteiger partial charge on any atom is 0.219 e. The standard InChI is InChI=1S/C13H18FNO2/c1-3-10(9-15-13(16)4-2)17-12-8-6-5-7-11(12)14/h5-8,10H,3-4,9H2,1-2H3,(H,15,16). The highest BCUT2D eigenvalue weighted by molar-refractivity contribution is 5.75. The number of ether oxygens (including phenoxy) is 1. The molecule has 1 N–H and O–H groups in total. The molecule has 0 aliphatic carbocycles. The smallest absolute Gasteiger partial charge is 0.219 e. The highest BCUT2D eigenvalue weighted by atomic mass is 19.1. The molecule has 1 aromatic rings. The first-order valence-corrected chi connectivity index (χ1v) is 5.85. The zero-order valence-electron chi connectivity index (χ0n) is 10.2. The van der Waals surface area contributed by atoms with Gasteiger partial charge in [0.2, 0.25) is 5.91 Å². The van der Waals surface area contributed by atoms with E-state index in [-0.39, 0.29) is 23.6 Å². The fraction of sp³-hybridized carbons (Fsp3) is 0.462. The number of nitrogens with one attached hydrogen (secondary N) is 1. The normalized spacial score (nSPS) is 11.9. The molecule has 0 bridgehead atoms. The van der Waals surface area contributed by atoms with E-state index < -0.39 is 0 Å². The number of carbonyl (C=O) groups excluding carboxylic acids is 1. The number of amides is 1. The molecule has 0 fully saturated rings. The minimum Gasteiger partial charge on any atom is -0.486 e. The summed E-state index contributed by atoms with van der Waals surface area (Å²) in [6, 6.07) is 6.27. The Kier molecular flexibility index (Phi) is 5.46. The molecule has 1 amide bonds. The predicted molar refractivity (Wildman–Crippen MR) is 64.4 cm³/mol. The second kappa shape index (κ2) is 6.89. The average Bonchev–Trinajstić information content (AvgIpc) is 2.36. The first-order chi connectivity index (χ1) is 8.17. The molecule has 1 atom stereocenters. The molecular weight excluding hydrogens is 221 g/mol. The van der Waals surface area contributed by atoms with Crippen LogP contribution in [0, 0.1) is 5.82 Å². The Morgan fingerprint density at radius 2 is 2.12 bits per heavy atom. The first kappa shape index (κ1) is 13.5. The van der Waals surface area contributed by atoms with Gasteiger partial charge in [-0.05, 0) is 18.6 Å². The van der Waals surface area contributed by atoms with Crippen LogP contribution in [0.4, 0.5) is 4.39 Å². The Morgan fingerprint density at radius 1 is 1.41 bits per heavy atom. The largest absolute Gasteiger partial charge is 0.486 e. The molecule has 4 heteroatoms. The maximum absolute atomic E-state index is 13.3. The monoisotopic (exact) mass is 239 g/mol. The van der Waals surface area contributed by atoms with E-state index in [1.165, 1.54) is 6.07 Å². The minimum atomic E-state index is -0.382. The molecular formula is C13H18FNO2. The Morgan fingerprint density at radius 3 is 2.71 bits per heavy atom. The molecule has 1 aromatic carbocycles. The molecule has 0 aliphatic heterocycles. The average molecular weight is 239 g/mol. The third-order valence-electron chi connectivity index (χ3n) is 2.43. The lowest BCUT2D eigenvalue weighted by molar-refractivity contribution is -0.121. The number of hydrogen-bond donors (Lipinski definition) is 1. The number of hydrogen-bond acceptors (Lipinski definition) is 2. The predicted octanol–water partition coefficient (Wildman–Crippen LogP) is 2.51. The van der Waals surface area contributed by atoms with Gasteiger partial charge < -0.3 is 10.1 Å². The zero-order valence-corrected chi connectivity index (χ0v) is 10.2. The SMILES string of the molecule is CCC(=O)NCC(CC)Oc1ccccc1F. The summed E-state index contributed by atoms with van der Waals surface area (Å²) in [5, 5.41) is 2.74. The van der Waals surface area contributed by atoms with Gasteiger partial charge in [0.05, 0.1) is 6.54 Å². The third kappa shape index (κ3) is 4.43. The summed E-state index contributed by atoms with van der Waals surface area (Å²) in [4.78, 5) is 11.1. The van der Waals surface area contributed by atoms with Gasteiger partial charge in [-0.1, -0.05) is 26.0 Å². The molecule has 17 heavy (non-hydrogen) atoms. The van der Waals surface area contributed by atoms with Crippen LogP contribution in [0.15, 0.2) is 24.3 Å². The molecule has 0 spiro atoms. The van der Waals surface area contributed by atoms with E-state index in [1.807, 2.05) is 6.92 Å². The van der Waals surface area contributed by atoms with E-state index in [4.69, 9.17) is 4.74 Å². The summed E-state index contributed by atoms with van der Waals surface area (Å²) in [6.07, 6.45) is 0.941. The van der Waals surface area contributed by atoms with E-state index in [0.29, 0.717) is 19.4 Å². The van der Waals surface area contributed by atoms with Crippen LogP contribution in [0.3, 0.4) is 0 Å². The molecule has 0 heterocycles. The molecule has 3 nitrogen and oxygen atoms in total. The van der Waals surface area contributed by atoms with Gasteiger partial charge in [0, 0.05) is 6.42 Å². The lowest BCUT2D eigenvalue weighted by Gasteiger charge is -2.18. The Balaban J connectivity index is 2.52. The van der Waals surface area contributed by atoms with Gasteiger partial charge in [-0.2, -0.15) is 0 Å². The lowest BCUT2D eigenvalue weighted by atomic mass is 10.2. The molecule has 94 valence electrons. The van der Waals surface area contributed by atoms with Crippen LogP contribution < -0.4 is 10.1 Å². The van der Waals surface area contributed by atoms with E-state index in [1.54, 1.807) is 25.1 Å². The van der Waals surface area contributed by atoms with Gasteiger partial charge in [0.15, 0.2) is 11.6 Å². The van der Waals surface area contributed by atoms with Gasteiger partial charge in [-0.25, -0.2) is 4.39 Å². The van der Waals surface area contributed by atoms with Crippen LogP contribution in [0.2, 0.25) is 0 Å². The summed E-state index contributed by atoms with van der Waals surface area (Å²) < 4.78 is 18.8. The molecule has 1 rings (SSSR count). The van der Waals surface area contributed by atoms with Crippen molar-refractivity contribution in [3.63, 3.8) is 0 Å². The molecule has 1 unspecified atom stereocenters. The minimum absolute atomic E-state index is 0.0272. The fourth-order valence-corrected chi connectivity index (χ4v) is 1.34. The van der Waals surface area contributed by atoms with Gasteiger partial charge >= 0.3 is 0 Å². The Bertz CT molecular complexity index is 368. The van der Waals surface area contributed by atoms with Crippen LogP contribution in [-0.4, -0.2) is 18.6 Å². The summed E-state index contributed by atoms with van der Waals surface area (Å²) in [7, 11) is 0. The van der Waals surface area contributed by atoms with Crippen molar-refractivity contribution in [2.75, 3.05) is 6.54 Å². The van der Waals surface area contributed by atoms with Gasteiger partial charge in [-0.3, -0.25) is 4.79 Å². The summed E-state index contributed by atoms with van der Waals surface area (Å²) >= 11 is 0. The van der Waals surface area contributed by atoms with Crippen molar-refractivity contribution in [1.82, 2.24) is 5.32 Å². The highest BCUT2D eigenvalue weighted by Gasteiger charge is 2.11. The van der Waals surface area contributed by atoms with E-state index in [0.717, 1.165) is 0 Å². The van der Waals surface area contributed by atoms with Crippen molar-refractivity contribution in [1.29, 1.82) is 0 Å². The van der Waals surface area contributed by atoms with E-state index >= 15 is 0 Å². The topological polar surface area (TPSA) is 38.3 Å². The number of halogens is 1. The quantitative estimate of drug-likeness (QED) is 0.828. The van der Waals surface area contributed by atoms with Crippen molar-refractivity contribution in [3.05, 3.63) is 30.1 Å². The summed E-state index contributed by atoms with van der Waals surface area (Å²) in [5.74, 6) is -0.182. The Hall–Kier alpha value is -1.58. The van der Waals surface area contributed by atoms with Crippen molar-refractivity contribution >= 4 is 5.91 Å². The van der Waals surface area contributed by atoms with Crippen LogP contribution >= 0.6 is 0 Å². The van der Waals surface area contributed by atoms with E-state index in [2.05, 4.69) is 5.32 Å². The molecule has 0 saturated heterocycles. The number of carbonyl (C=O) groups is 1. The maximum atomic E-state index is 13.3. The van der Waals surface area contributed by atoms with Crippen molar-refractivity contribution < 1.29 is 13.9 Å². The van der Waals surface area contributed by atoms with Crippen LogP contribution in [0.5, 0.6) is 5.75 Å². The van der Waals surface area contributed by atoms with Crippen molar-refractivity contribution in [3.8, 4) is 5.75 Å². The molecule has 0 saturated carbocycles. The molecule has 0 radical (unpaired) electrons. The lowest BCUT2D eigenvalue weighted by Crippen LogP contribution is -2.34. The van der Waals surface area contributed by atoms with Crippen molar-refractivity contribution in [2.24, 2.45) is 0 Å². The van der Waals surface area contributed by atoms with Gasteiger partial charge in [0.1, 0.15) is 6.10 Å². The van der Waals surface area contributed by atoms with Crippen molar-refractivity contribution in [2.45, 2.75) is 32.8 Å². The molecule has 0 aliphatic rings. The van der Waals surface area contributed by atoms with Gasteiger partial charge in [0.25, 0.3) is 0 Å². The Labute approximate surface area is 101 Å².